The van der Waals surface area contributed by atoms with Crippen molar-refractivity contribution in [2.75, 3.05) is 0 Å². The molecule has 4 nitrogen and oxygen atoms in total. The maximum atomic E-state index is 9.22. The van der Waals surface area contributed by atoms with Crippen LogP contribution in [0.15, 0.2) is 0 Å². The fraction of sp³-hybridized carbons (Fsp3) is 0.500. The van der Waals surface area contributed by atoms with E-state index in [1.165, 1.54) is 6.92 Å². The standard InChI is InChI=1S/C2H5NO.C2H4O2.Na/c2*1-2(3)4;/h1H3,(H2,3,4);1H3,(H,3,4);/q;;+1/p-1. The number of carbonyl (C=O) groups excluding carboxylic acids is 2. The third-order valence-corrected chi connectivity index (χ3v) is 0. The van der Waals surface area contributed by atoms with E-state index in [1.54, 1.807) is 0 Å². The second-order valence-electron chi connectivity index (χ2n) is 1.10. The second kappa shape index (κ2) is 10.8. The van der Waals surface area contributed by atoms with Gasteiger partial charge in [0.05, 0.1) is 0 Å². The molecular weight excluding hydrogens is 133 g/mol. The Morgan fingerprint density at radius 2 is 1.33 bits per heavy atom. The van der Waals surface area contributed by atoms with Gasteiger partial charge in [0.15, 0.2) is 0 Å². The van der Waals surface area contributed by atoms with E-state index in [4.69, 9.17) is 9.90 Å². The van der Waals surface area contributed by atoms with Crippen LogP contribution < -0.4 is 40.4 Å². The summed E-state index contributed by atoms with van der Waals surface area (Å²) in [4.78, 5) is 18.1. The molecule has 48 valence electrons. The predicted octanol–water partition coefficient (Wildman–Crippen LogP) is -4.75. The number of aliphatic carboxylic acids is 1. The minimum atomic E-state index is -1.08. The van der Waals surface area contributed by atoms with E-state index < -0.39 is 5.97 Å². The topological polar surface area (TPSA) is 83.2 Å². The summed E-state index contributed by atoms with van der Waals surface area (Å²) in [6, 6.07) is 0. The Kier molecular flexibility index (Phi) is 19.2. The van der Waals surface area contributed by atoms with Crippen LogP contribution in [0.5, 0.6) is 0 Å². The molecule has 5 heteroatoms. The molecule has 0 aliphatic carbocycles. The number of carboxylic acids is 1. The van der Waals surface area contributed by atoms with Crippen molar-refractivity contribution < 1.29 is 44.3 Å². The zero-order valence-corrected chi connectivity index (χ0v) is 7.80. The first-order chi connectivity index (χ1) is 3.46. The number of primary amides is 1. The van der Waals surface area contributed by atoms with Crippen LogP contribution in [0.25, 0.3) is 0 Å². The largest absolute Gasteiger partial charge is 1.00 e. The summed E-state index contributed by atoms with van der Waals surface area (Å²) in [5.74, 6) is -1.42. The van der Waals surface area contributed by atoms with Crippen molar-refractivity contribution in [3.8, 4) is 0 Å². The second-order valence-corrected chi connectivity index (χ2v) is 1.10. The number of carboxylic acid groups (broad SMARTS) is 1. The van der Waals surface area contributed by atoms with Gasteiger partial charge in [0, 0.05) is 12.9 Å². The van der Waals surface area contributed by atoms with Crippen LogP contribution in [0.3, 0.4) is 0 Å². The summed E-state index contributed by atoms with van der Waals surface area (Å²) >= 11 is 0. The molecule has 0 bridgehead atoms. The summed E-state index contributed by atoms with van der Waals surface area (Å²) in [7, 11) is 0. The van der Waals surface area contributed by atoms with Crippen molar-refractivity contribution in [2.24, 2.45) is 5.73 Å². The normalized spacial score (nSPS) is 5.56. The monoisotopic (exact) mass is 141 g/mol. The van der Waals surface area contributed by atoms with E-state index in [-0.39, 0.29) is 35.5 Å². The summed E-state index contributed by atoms with van der Waals surface area (Å²) < 4.78 is 0. The molecule has 2 N–H and O–H groups in total. The third-order valence-electron chi connectivity index (χ3n) is 0. The van der Waals surface area contributed by atoms with Gasteiger partial charge < -0.3 is 15.6 Å². The molecule has 0 rings (SSSR count). The van der Waals surface area contributed by atoms with Crippen molar-refractivity contribution in [3.63, 3.8) is 0 Å². The Hall–Kier alpha value is -0.0600. The molecule has 0 aromatic carbocycles. The average Bonchev–Trinajstić information content (AvgIpc) is 1.25. The van der Waals surface area contributed by atoms with Crippen LogP contribution in [-0.2, 0) is 9.59 Å². The minimum absolute atomic E-state index is 0. The van der Waals surface area contributed by atoms with E-state index in [0.29, 0.717) is 0 Å². The molecule has 0 radical (unpaired) electrons. The molecule has 0 spiro atoms. The number of rotatable bonds is 0. The molecule has 0 aliphatic heterocycles. The van der Waals surface area contributed by atoms with Crippen molar-refractivity contribution in [1.82, 2.24) is 0 Å². The van der Waals surface area contributed by atoms with Gasteiger partial charge in [-0.25, -0.2) is 0 Å². The fourth-order valence-electron chi connectivity index (χ4n) is 0. The molecule has 0 saturated carbocycles. The molecule has 9 heavy (non-hydrogen) atoms. The van der Waals surface area contributed by atoms with Gasteiger partial charge in [-0.15, -0.1) is 0 Å². The van der Waals surface area contributed by atoms with Gasteiger partial charge in [0.1, 0.15) is 0 Å². The Bertz CT molecular complexity index is 73.8. The first-order valence-electron chi connectivity index (χ1n) is 1.90. The smallest absolute Gasteiger partial charge is 0.550 e. The molecular formula is C4H8NNaO3. The van der Waals surface area contributed by atoms with E-state index >= 15 is 0 Å². The van der Waals surface area contributed by atoms with Crippen LogP contribution in [0, 0.1) is 0 Å². The van der Waals surface area contributed by atoms with Crippen LogP contribution >= 0.6 is 0 Å². The zero-order valence-electron chi connectivity index (χ0n) is 5.80. The Morgan fingerprint density at radius 1 is 1.33 bits per heavy atom. The van der Waals surface area contributed by atoms with Crippen LogP contribution in [0.2, 0.25) is 0 Å². The molecule has 0 unspecified atom stereocenters. The van der Waals surface area contributed by atoms with Crippen LogP contribution in [0.1, 0.15) is 13.8 Å². The molecule has 0 heterocycles. The van der Waals surface area contributed by atoms with E-state index in [2.05, 4.69) is 5.73 Å². The quantitative estimate of drug-likeness (QED) is 0.344. The van der Waals surface area contributed by atoms with Crippen LogP contribution in [0.4, 0.5) is 0 Å². The Morgan fingerprint density at radius 3 is 1.33 bits per heavy atom. The van der Waals surface area contributed by atoms with Gasteiger partial charge >= 0.3 is 29.6 Å². The summed E-state index contributed by atoms with van der Waals surface area (Å²) in [6.45, 7) is 2.28. The minimum Gasteiger partial charge on any atom is -0.550 e. The number of hydrogen-bond acceptors (Lipinski definition) is 3. The van der Waals surface area contributed by atoms with Gasteiger partial charge in [0.25, 0.3) is 0 Å². The van der Waals surface area contributed by atoms with Crippen molar-refractivity contribution in [3.05, 3.63) is 0 Å². The van der Waals surface area contributed by atoms with Gasteiger partial charge in [0.2, 0.25) is 5.91 Å². The van der Waals surface area contributed by atoms with Gasteiger partial charge in [-0.1, -0.05) is 0 Å². The maximum Gasteiger partial charge on any atom is 1.00 e. The first kappa shape index (κ1) is 16.0. The fourth-order valence-corrected chi connectivity index (χ4v) is 0. The summed E-state index contributed by atoms with van der Waals surface area (Å²) in [5.41, 5.74) is 4.47. The van der Waals surface area contributed by atoms with Gasteiger partial charge in [-0.05, 0) is 6.92 Å². The molecule has 0 atom stereocenters. The SMILES string of the molecule is CC(=O)[O-].CC(N)=O.[Na+]. The number of hydrogen-bond donors (Lipinski definition) is 1. The predicted molar refractivity (Wildman–Crippen MR) is 25.5 cm³/mol. The van der Waals surface area contributed by atoms with E-state index in [1.807, 2.05) is 0 Å². The van der Waals surface area contributed by atoms with E-state index in [0.717, 1.165) is 6.92 Å². The Labute approximate surface area is 75.7 Å². The molecule has 0 aromatic rings. The Balaban J connectivity index is -0.0000000720. The summed E-state index contributed by atoms with van der Waals surface area (Å²) in [5, 5.41) is 8.89. The zero-order chi connectivity index (χ0) is 7.15. The molecule has 0 aliphatic rings. The molecule has 1 amide bonds. The van der Waals surface area contributed by atoms with Gasteiger partial charge in [-0.2, -0.15) is 0 Å². The number of carbonyl (C=O) groups is 2. The van der Waals surface area contributed by atoms with E-state index in [9.17, 15) is 4.79 Å². The maximum absolute atomic E-state index is 9.22. The number of nitrogens with two attached hydrogens (primary N) is 1. The number of amides is 1. The average molecular weight is 141 g/mol. The van der Waals surface area contributed by atoms with Gasteiger partial charge in [-0.3, -0.25) is 4.79 Å². The van der Waals surface area contributed by atoms with Crippen molar-refractivity contribution in [1.29, 1.82) is 0 Å². The van der Waals surface area contributed by atoms with Crippen molar-refractivity contribution >= 4 is 11.9 Å². The van der Waals surface area contributed by atoms with Crippen molar-refractivity contribution in [2.45, 2.75) is 13.8 Å². The first-order valence-corrected chi connectivity index (χ1v) is 1.90. The third kappa shape index (κ3) is 77800. The molecule has 0 fully saturated rings. The molecule has 0 saturated heterocycles. The molecule has 0 aromatic heterocycles. The van der Waals surface area contributed by atoms with Crippen LogP contribution in [-0.4, -0.2) is 11.9 Å². The summed E-state index contributed by atoms with van der Waals surface area (Å²) in [6.07, 6.45) is 0.